The number of hydrogen-bond donors (Lipinski definition) is 1. The highest BCUT2D eigenvalue weighted by Crippen LogP contribution is 2.31. The first kappa shape index (κ1) is 13.3. The minimum Gasteiger partial charge on any atom is -0.315 e. The van der Waals surface area contributed by atoms with E-state index in [1.54, 1.807) is 0 Å². The van der Waals surface area contributed by atoms with Gasteiger partial charge in [0.15, 0.2) is 0 Å². The summed E-state index contributed by atoms with van der Waals surface area (Å²) in [5, 5.41) is 10.1. The molecule has 0 saturated carbocycles. The van der Waals surface area contributed by atoms with Crippen molar-refractivity contribution in [1.29, 1.82) is 0 Å². The summed E-state index contributed by atoms with van der Waals surface area (Å²) in [6.07, 6.45) is 1.12. The van der Waals surface area contributed by atoms with Crippen molar-refractivity contribution in [2.75, 3.05) is 7.05 Å². The molecular weight excluding hydrogens is 242 g/mol. The zero-order chi connectivity index (χ0) is 13.1. The van der Waals surface area contributed by atoms with E-state index in [1.807, 2.05) is 18.4 Å². The van der Waals surface area contributed by atoms with Gasteiger partial charge in [-0.2, -0.15) is 5.10 Å². The molecule has 2 rings (SSSR count). The van der Waals surface area contributed by atoms with Crippen molar-refractivity contribution in [2.45, 2.75) is 40.3 Å². The van der Waals surface area contributed by atoms with Crippen molar-refractivity contribution < 1.29 is 0 Å². The van der Waals surface area contributed by atoms with Crippen LogP contribution in [0.4, 0.5) is 0 Å². The molecule has 0 aromatic carbocycles. The molecule has 0 fully saturated rings. The number of hydrogen-bond acceptors (Lipinski definition) is 3. The van der Waals surface area contributed by atoms with E-state index >= 15 is 0 Å². The lowest BCUT2D eigenvalue weighted by Gasteiger charge is -2.02. The summed E-state index contributed by atoms with van der Waals surface area (Å²) >= 11 is 1.81. The van der Waals surface area contributed by atoms with Crippen LogP contribution in [0.2, 0.25) is 0 Å². The van der Waals surface area contributed by atoms with Crippen LogP contribution in [0.25, 0.3) is 11.1 Å². The van der Waals surface area contributed by atoms with Gasteiger partial charge >= 0.3 is 0 Å². The molecule has 0 atom stereocenters. The largest absolute Gasteiger partial charge is 0.315 e. The van der Waals surface area contributed by atoms with Gasteiger partial charge in [0.25, 0.3) is 0 Å². The molecule has 0 amide bonds. The second kappa shape index (κ2) is 5.67. The van der Waals surface area contributed by atoms with Gasteiger partial charge in [-0.05, 0) is 44.3 Å². The highest BCUT2D eigenvalue weighted by molar-refractivity contribution is 7.10. The van der Waals surface area contributed by atoms with Crippen LogP contribution in [0.15, 0.2) is 11.4 Å². The molecule has 2 heterocycles. The normalized spacial score (nSPS) is 11.1. The van der Waals surface area contributed by atoms with Gasteiger partial charge in [0.2, 0.25) is 0 Å². The van der Waals surface area contributed by atoms with Gasteiger partial charge in [-0.1, -0.05) is 6.92 Å². The Morgan fingerprint density at radius 2 is 2.17 bits per heavy atom. The second-order valence-corrected chi connectivity index (χ2v) is 5.60. The molecule has 0 spiro atoms. The fraction of sp³-hybridized carbons (Fsp3) is 0.500. The van der Waals surface area contributed by atoms with Crippen LogP contribution >= 0.6 is 11.3 Å². The molecule has 0 saturated heterocycles. The number of rotatable bonds is 5. The first-order chi connectivity index (χ1) is 8.67. The molecule has 2 aromatic rings. The molecule has 4 heteroatoms. The highest BCUT2D eigenvalue weighted by Gasteiger charge is 2.14. The summed E-state index contributed by atoms with van der Waals surface area (Å²) in [4.78, 5) is 1.37. The van der Waals surface area contributed by atoms with Crippen molar-refractivity contribution in [3.63, 3.8) is 0 Å². The van der Waals surface area contributed by atoms with Crippen molar-refractivity contribution in [1.82, 2.24) is 15.1 Å². The molecule has 3 nitrogen and oxygen atoms in total. The number of nitrogens with one attached hydrogen (secondary N) is 1. The van der Waals surface area contributed by atoms with Gasteiger partial charge < -0.3 is 5.32 Å². The zero-order valence-electron chi connectivity index (χ0n) is 11.6. The maximum Gasteiger partial charge on any atom is 0.0675 e. The summed E-state index contributed by atoms with van der Waals surface area (Å²) in [5.74, 6) is 0. The van der Waals surface area contributed by atoms with E-state index in [9.17, 15) is 0 Å². The zero-order valence-corrected chi connectivity index (χ0v) is 12.4. The van der Waals surface area contributed by atoms with Crippen LogP contribution in [0.5, 0.6) is 0 Å². The van der Waals surface area contributed by atoms with E-state index in [1.165, 1.54) is 21.7 Å². The predicted molar refractivity (Wildman–Crippen MR) is 78.1 cm³/mol. The Bertz CT molecular complexity index is 525. The van der Waals surface area contributed by atoms with Gasteiger partial charge in [0, 0.05) is 29.2 Å². The van der Waals surface area contributed by atoms with Crippen molar-refractivity contribution in [2.24, 2.45) is 0 Å². The van der Waals surface area contributed by atoms with Gasteiger partial charge in [0.1, 0.15) is 0 Å². The maximum absolute atomic E-state index is 4.64. The minimum absolute atomic E-state index is 0.936. The fourth-order valence-electron chi connectivity index (χ4n) is 2.32. The summed E-state index contributed by atoms with van der Waals surface area (Å²) in [7, 11) is 1.98. The first-order valence-electron chi connectivity index (χ1n) is 6.43. The first-order valence-corrected chi connectivity index (χ1v) is 7.31. The number of aryl methyl sites for hydroxylation is 2. The summed E-state index contributed by atoms with van der Waals surface area (Å²) in [6, 6.07) is 2.27. The van der Waals surface area contributed by atoms with E-state index in [4.69, 9.17) is 0 Å². The summed E-state index contributed by atoms with van der Waals surface area (Å²) in [5.41, 5.74) is 5.03. The lowest BCUT2D eigenvalue weighted by molar-refractivity contribution is 0.583. The highest BCUT2D eigenvalue weighted by atomic mass is 32.1. The average Bonchev–Trinajstić information content (AvgIpc) is 2.87. The molecule has 18 heavy (non-hydrogen) atoms. The Morgan fingerprint density at radius 1 is 1.39 bits per heavy atom. The maximum atomic E-state index is 4.64. The minimum atomic E-state index is 0.936. The molecule has 0 aliphatic rings. The Labute approximate surface area is 113 Å². The topological polar surface area (TPSA) is 29.9 Å². The molecule has 0 unspecified atom stereocenters. The lowest BCUT2D eigenvalue weighted by atomic mass is 10.1. The number of thiophene rings is 1. The van der Waals surface area contributed by atoms with Crippen LogP contribution < -0.4 is 5.32 Å². The van der Waals surface area contributed by atoms with Crippen LogP contribution in [0.1, 0.15) is 29.6 Å². The molecule has 98 valence electrons. The van der Waals surface area contributed by atoms with E-state index in [2.05, 4.69) is 47.3 Å². The lowest BCUT2D eigenvalue weighted by Crippen LogP contribution is -2.02. The standard InChI is InChI=1S/C14H21N3S/c1-5-6-17-11(3)14(10(2)16-17)12-7-13(8-15-4)18-9-12/h7,9,15H,5-6,8H2,1-4H3. The summed E-state index contributed by atoms with van der Waals surface area (Å²) < 4.78 is 2.13. The third kappa shape index (κ3) is 2.49. The molecular formula is C14H21N3S. The van der Waals surface area contributed by atoms with Crippen molar-refractivity contribution >= 4 is 11.3 Å². The Hall–Kier alpha value is -1.13. The fourth-order valence-corrected chi connectivity index (χ4v) is 3.21. The van der Waals surface area contributed by atoms with Gasteiger partial charge in [-0.15, -0.1) is 11.3 Å². The van der Waals surface area contributed by atoms with E-state index < -0.39 is 0 Å². The van der Waals surface area contributed by atoms with Crippen molar-refractivity contribution in [3.05, 3.63) is 27.7 Å². The third-order valence-electron chi connectivity index (χ3n) is 3.11. The third-order valence-corrected chi connectivity index (χ3v) is 4.05. The van der Waals surface area contributed by atoms with Gasteiger partial charge in [0.05, 0.1) is 5.69 Å². The molecule has 0 radical (unpaired) electrons. The predicted octanol–water partition coefficient (Wildman–Crippen LogP) is 3.36. The van der Waals surface area contributed by atoms with E-state index in [0.717, 1.165) is 25.2 Å². The number of aromatic nitrogens is 2. The summed E-state index contributed by atoms with van der Waals surface area (Å²) in [6.45, 7) is 8.39. The van der Waals surface area contributed by atoms with E-state index in [0.29, 0.717) is 0 Å². The van der Waals surface area contributed by atoms with Gasteiger partial charge in [-0.3, -0.25) is 4.68 Å². The number of nitrogens with zero attached hydrogens (tertiary/aromatic N) is 2. The Kier molecular flexibility index (Phi) is 4.19. The quantitative estimate of drug-likeness (QED) is 0.896. The van der Waals surface area contributed by atoms with Crippen LogP contribution in [-0.4, -0.2) is 16.8 Å². The van der Waals surface area contributed by atoms with Crippen LogP contribution in [-0.2, 0) is 13.1 Å². The van der Waals surface area contributed by atoms with E-state index in [-0.39, 0.29) is 0 Å². The molecule has 1 N–H and O–H groups in total. The van der Waals surface area contributed by atoms with Gasteiger partial charge in [-0.25, -0.2) is 0 Å². The molecule has 2 aromatic heterocycles. The SMILES string of the molecule is CCCn1nc(C)c(-c2csc(CNC)c2)c1C. The average molecular weight is 263 g/mol. The smallest absolute Gasteiger partial charge is 0.0675 e. The Morgan fingerprint density at radius 3 is 2.83 bits per heavy atom. The molecule has 0 bridgehead atoms. The molecule has 0 aliphatic carbocycles. The van der Waals surface area contributed by atoms with Crippen LogP contribution in [0.3, 0.4) is 0 Å². The molecule has 0 aliphatic heterocycles. The monoisotopic (exact) mass is 263 g/mol. The second-order valence-electron chi connectivity index (χ2n) is 4.60. The van der Waals surface area contributed by atoms with Crippen molar-refractivity contribution in [3.8, 4) is 11.1 Å². The Balaban J connectivity index is 2.36. The van der Waals surface area contributed by atoms with Crippen LogP contribution in [0, 0.1) is 13.8 Å².